The quantitative estimate of drug-likeness (QED) is 0.442. The number of nitrogens with two attached hydrogens (primary N) is 1. The third kappa shape index (κ3) is 5.08. The molecule has 1 heterocycles. The topological polar surface area (TPSA) is 93.2 Å². The SMILES string of the molecule is Cc1nn([C@@H](C)c2ccccc2)c(C(C)O)c1-c1ccc(NC(=O)[C@@H](N)C2CCCCC2)cc1. The van der Waals surface area contributed by atoms with E-state index in [0.717, 1.165) is 59.4 Å². The Balaban J connectivity index is 1.56. The van der Waals surface area contributed by atoms with Crippen LogP contribution in [0.25, 0.3) is 11.1 Å². The number of aryl methyl sites for hydroxylation is 1. The van der Waals surface area contributed by atoms with Crippen LogP contribution in [-0.2, 0) is 4.79 Å². The summed E-state index contributed by atoms with van der Waals surface area (Å²) < 4.78 is 1.92. The molecule has 1 aromatic heterocycles. The molecule has 0 saturated heterocycles. The molecule has 1 saturated carbocycles. The molecular weight excluding hydrogens is 424 g/mol. The maximum absolute atomic E-state index is 12.7. The number of rotatable bonds is 7. The smallest absolute Gasteiger partial charge is 0.241 e. The van der Waals surface area contributed by atoms with Gasteiger partial charge < -0.3 is 16.2 Å². The molecule has 1 aliphatic rings. The average molecular weight is 461 g/mol. The summed E-state index contributed by atoms with van der Waals surface area (Å²) in [5, 5.41) is 18.5. The van der Waals surface area contributed by atoms with Gasteiger partial charge in [-0.3, -0.25) is 9.48 Å². The number of aliphatic hydroxyl groups is 1. The van der Waals surface area contributed by atoms with E-state index in [4.69, 9.17) is 10.8 Å². The van der Waals surface area contributed by atoms with E-state index in [1.165, 1.54) is 6.42 Å². The second-order valence-electron chi connectivity index (χ2n) is 9.54. The van der Waals surface area contributed by atoms with Crippen LogP contribution in [0.5, 0.6) is 0 Å². The molecule has 0 spiro atoms. The van der Waals surface area contributed by atoms with Crippen molar-refractivity contribution in [2.24, 2.45) is 11.7 Å². The predicted octanol–water partition coefficient (Wildman–Crippen LogP) is 5.37. The number of nitrogens with zero attached hydrogens (tertiary/aromatic N) is 2. The fourth-order valence-electron chi connectivity index (χ4n) is 5.14. The Bertz CT molecular complexity index is 1100. The normalized spacial score (nSPS) is 17.2. The first-order valence-electron chi connectivity index (χ1n) is 12.4. The van der Waals surface area contributed by atoms with Crippen molar-refractivity contribution >= 4 is 11.6 Å². The van der Waals surface area contributed by atoms with Crippen LogP contribution in [0.3, 0.4) is 0 Å². The Kier molecular flexibility index (Phi) is 7.49. The summed E-state index contributed by atoms with van der Waals surface area (Å²) in [5.41, 5.74) is 11.6. The highest BCUT2D eigenvalue weighted by atomic mass is 16.3. The van der Waals surface area contributed by atoms with Crippen molar-refractivity contribution in [3.8, 4) is 11.1 Å². The summed E-state index contributed by atoms with van der Waals surface area (Å²) in [5.74, 6) is 0.145. The first kappa shape index (κ1) is 24.2. The fourth-order valence-corrected chi connectivity index (χ4v) is 5.14. The van der Waals surface area contributed by atoms with Gasteiger partial charge in [0.25, 0.3) is 0 Å². The zero-order valence-corrected chi connectivity index (χ0v) is 20.4. The van der Waals surface area contributed by atoms with E-state index in [9.17, 15) is 9.90 Å². The van der Waals surface area contributed by atoms with E-state index >= 15 is 0 Å². The molecule has 6 heteroatoms. The molecule has 4 rings (SSSR count). The summed E-state index contributed by atoms with van der Waals surface area (Å²) in [6, 6.07) is 17.4. The van der Waals surface area contributed by atoms with Gasteiger partial charge in [0.2, 0.25) is 5.91 Å². The standard InChI is InChI=1S/C28H36N4O2/c1-18-25(27(20(3)33)32(31-18)19(2)21-10-6-4-7-11-21)22-14-16-24(17-15-22)30-28(34)26(29)23-12-8-5-9-13-23/h4,6-7,10-11,14-17,19-20,23,26,33H,5,8-9,12-13,29H2,1-3H3,(H,30,34)/t19-,20?,26-/m0/s1. The van der Waals surface area contributed by atoms with Gasteiger partial charge >= 0.3 is 0 Å². The first-order chi connectivity index (χ1) is 16.4. The molecule has 0 aliphatic heterocycles. The molecular formula is C28H36N4O2. The van der Waals surface area contributed by atoms with Gasteiger partial charge in [0.05, 0.1) is 29.6 Å². The zero-order valence-electron chi connectivity index (χ0n) is 20.4. The summed E-state index contributed by atoms with van der Waals surface area (Å²) in [7, 11) is 0. The molecule has 0 radical (unpaired) electrons. The number of hydrogen-bond donors (Lipinski definition) is 3. The monoisotopic (exact) mass is 460 g/mol. The Labute approximate surface area is 202 Å². The average Bonchev–Trinajstić information content (AvgIpc) is 3.22. The van der Waals surface area contributed by atoms with Crippen LogP contribution in [0.2, 0.25) is 0 Å². The van der Waals surface area contributed by atoms with Crippen LogP contribution in [0.1, 0.15) is 75.0 Å². The Morgan fingerprint density at radius 2 is 1.71 bits per heavy atom. The second kappa shape index (κ2) is 10.5. The number of carbonyl (C=O) groups is 1. The van der Waals surface area contributed by atoms with E-state index in [1.807, 2.05) is 54.1 Å². The number of aliphatic hydroxyl groups excluding tert-OH is 1. The minimum atomic E-state index is -0.685. The number of carbonyl (C=O) groups excluding carboxylic acids is 1. The first-order valence-corrected chi connectivity index (χ1v) is 12.4. The third-order valence-electron chi connectivity index (χ3n) is 7.07. The highest BCUT2D eigenvalue weighted by Crippen LogP contribution is 2.35. The van der Waals surface area contributed by atoms with Crippen molar-refractivity contribution in [3.05, 3.63) is 71.5 Å². The number of hydrogen-bond acceptors (Lipinski definition) is 4. The van der Waals surface area contributed by atoms with Gasteiger partial charge in [-0.2, -0.15) is 5.10 Å². The molecule has 1 unspecified atom stereocenters. The molecule has 180 valence electrons. The van der Waals surface area contributed by atoms with Crippen molar-refractivity contribution < 1.29 is 9.90 Å². The maximum atomic E-state index is 12.7. The van der Waals surface area contributed by atoms with Gasteiger partial charge in [0, 0.05) is 11.3 Å². The lowest BCUT2D eigenvalue weighted by Crippen LogP contribution is -2.42. The van der Waals surface area contributed by atoms with Crippen molar-refractivity contribution in [2.45, 2.75) is 71.1 Å². The van der Waals surface area contributed by atoms with Crippen molar-refractivity contribution in [1.29, 1.82) is 0 Å². The molecule has 4 N–H and O–H groups in total. The third-order valence-corrected chi connectivity index (χ3v) is 7.07. The van der Waals surface area contributed by atoms with Crippen LogP contribution in [0, 0.1) is 12.8 Å². The summed E-state index contributed by atoms with van der Waals surface area (Å²) in [4.78, 5) is 12.7. The van der Waals surface area contributed by atoms with Crippen LogP contribution in [0.4, 0.5) is 5.69 Å². The predicted molar refractivity (Wildman–Crippen MR) is 136 cm³/mol. The molecule has 3 atom stereocenters. The number of anilines is 1. The van der Waals surface area contributed by atoms with Crippen LogP contribution in [0.15, 0.2) is 54.6 Å². The highest BCUT2D eigenvalue weighted by Gasteiger charge is 2.27. The minimum absolute atomic E-state index is 0.0157. The Morgan fingerprint density at radius 3 is 2.32 bits per heavy atom. The molecule has 1 aliphatic carbocycles. The van der Waals surface area contributed by atoms with E-state index in [-0.39, 0.29) is 17.9 Å². The lowest BCUT2D eigenvalue weighted by molar-refractivity contribution is -0.118. The molecule has 1 amide bonds. The molecule has 6 nitrogen and oxygen atoms in total. The second-order valence-corrected chi connectivity index (χ2v) is 9.54. The highest BCUT2D eigenvalue weighted by molar-refractivity contribution is 5.95. The minimum Gasteiger partial charge on any atom is -0.387 e. The van der Waals surface area contributed by atoms with Crippen LogP contribution >= 0.6 is 0 Å². The van der Waals surface area contributed by atoms with Gasteiger partial charge in [-0.1, -0.05) is 61.7 Å². The van der Waals surface area contributed by atoms with E-state index < -0.39 is 12.1 Å². The van der Waals surface area contributed by atoms with E-state index in [0.29, 0.717) is 0 Å². The fraction of sp³-hybridized carbons (Fsp3) is 0.429. The van der Waals surface area contributed by atoms with Crippen molar-refractivity contribution in [3.63, 3.8) is 0 Å². The largest absolute Gasteiger partial charge is 0.387 e. The van der Waals surface area contributed by atoms with Gasteiger partial charge in [-0.05, 0) is 62.8 Å². The lowest BCUT2D eigenvalue weighted by atomic mass is 9.84. The van der Waals surface area contributed by atoms with Crippen molar-refractivity contribution in [1.82, 2.24) is 9.78 Å². The number of nitrogens with one attached hydrogen (secondary N) is 1. The Hall–Kier alpha value is -2.96. The van der Waals surface area contributed by atoms with Gasteiger partial charge in [0.15, 0.2) is 0 Å². The summed E-state index contributed by atoms with van der Waals surface area (Å²) in [6.45, 7) is 5.83. The number of aromatic nitrogens is 2. The Morgan fingerprint density at radius 1 is 1.06 bits per heavy atom. The van der Waals surface area contributed by atoms with Crippen LogP contribution < -0.4 is 11.1 Å². The molecule has 0 bridgehead atoms. The summed E-state index contributed by atoms with van der Waals surface area (Å²) >= 11 is 0. The van der Waals surface area contributed by atoms with E-state index in [2.05, 4.69) is 24.4 Å². The van der Waals surface area contributed by atoms with Gasteiger partial charge in [0.1, 0.15) is 0 Å². The van der Waals surface area contributed by atoms with Crippen LogP contribution in [-0.4, -0.2) is 26.8 Å². The van der Waals surface area contributed by atoms with Gasteiger partial charge in [-0.25, -0.2) is 0 Å². The van der Waals surface area contributed by atoms with E-state index in [1.54, 1.807) is 6.92 Å². The number of amides is 1. The zero-order chi connectivity index (χ0) is 24.2. The lowest BCUT2D eigenvalue weighted by Gasteiger charge is -2.26. The van der Waals surface area contributed by atoms with Crippen molar-refractivity contribution in [2.75, 3.05) is 5.32 Å². The molecule has 2 aromatic carbocycles. The molecule has 3 aromatic rings. The maximum Gasteiger partial charge on any atom is 0.241 e. The summed E-state index contributed by atoms with van der Waals surface area (Å²) in [6.07, 6.45) is 4.92. The molecule has 1 fully saturated rings. The number of benzene rings is 2. The molecule has 34 heavy (non-hydrogen) atoms. The van der Waals surface area contributed by atoms with Gasteiger partial charge in [-0.15, -0.1) is 0 Å².